The molecule has 194 valence electrons. The molecule has 0 unspecified atom stereocenters. The Balaban J connectivity index is 1.46. The predicted molar refractivity (Wildman–Crippen MR) is 150 cm³/mol. The van der Waals surface area contributed by atoms with Crippen LogP contribution in [0.2, 0.25) is 0 Å². The molecule has 0 fully saturated rings. The Morgan fingerprint density at radius 3 is 1.95 bits per heavy atom. The van der Waals surface area contributed by atoms with E-state index >= 15 is 0 Å². The van der Waals surface area contributed by atoms with Gasteiger partial charge in [-0.25, -0.2) is 0 Å². The van der Waals surface area contributed by atoms with Crippen molar-refractivity contribution in [3.8, 4) is 0 Å². The molecule has 0 saturated carbocycles. The largest absolute Gasteiger partial charge is 0.376 e. The van der Waals surface area contributed by atoms with Crippen molar-refractivity contribution in [3.63, 3.8) is 0 Å². The lowest BCUT2D eigenvalue weighted by Gasteiger charge is -2.21. The van der Waals surface area contributed by atoms with Gasteiger partial charge >= 0.3 is 0 Å². The van der Waals surface area contributed by atoms with Crippen LogP contribution in [0.3, 0.4) is 0 Å². The fourth-order valence-electron chi connectivity index (χ4n) is 3.96. The van der Waals surface area contributed by atoms with Gasteiger partial charge in [0.05, 0.1) is 6.54 Å². The zero-order valence-corrected chi connectivity index (χ0v) is 21.6. The second-order valence-electron chi connectivity index (χ2n) is 8.89. The number of benzene rings is 3. The second-order valence-corrected chi connectivity index (χ2v) is 8.89. The first-order chi connectivity index (χ1) is 18.0. The molecular weight excluding hydrogens is 464 g/mol. The third-order valence-corrected chi connectivity index (χ3v) is 5.77. The summed E-state index contributed by atoms with van der Waals surface area (Å²) in [5.74, 6) is -0.270. The monoisotopic (exact) mass is 500 g/mol. The predicted octanol–water partition coefficient (Wildman–Crippen LogP) is 5.57. The normalized spacial score (nSPS) is 10.4. The zero-order chi connectivity index (χ0) is 26.5. The lowest BCUT2D eigenvalue weighted by molar-refractivity contribution is -0.116. The lowest BCUT2D eigenvalue weighted by atomic mass is 10.1. The van der Waals surface area contributed by atoms with Crippen LogP contribution in [-0.2, 0) is 16.0 Å². The molecule has 0 aliphatic heterocycles. The van der Waals surface area contributed by atoms with Crippen molar-refractivity contribution in [3.05, 3.63) is 90.0 Å². The molecule has 0 atom stereocenters. The third kappa shape index (κ3) is 9.11. The first kappa shape index (κ1) is 27.5. The number of aryl methyl sites for hydroxylation is 1. The summed E-state index contributed by atoms with van der Waals surface area (Å²) in [6, 6.07) is 24.1. The van der Waals surface area contributed by atoms with Crippen LogP contribution in [0.1, 0.15) is 49.0 Å². The quantitative estimate of drug-likeness (QED) is 0.286. The van der Waals surface area contributed by atoms with Gasteiger partial charge in [-0.1, -0.05) is 50.2 Å². The Labute approximate surface area is 219 Å². The fourth-order valence-corrected chi connectivity index (χ4v) is 3.96. The zero-order valence-electron chi connectivity index (χ0n) is 21.6. The maximum Gasteiger partial charge on any atom is 0.253 e. The van der Waals surface area contributed by atoms with Gasteiger partial charge < -0.3 is 20.9 Å². The molecule has 3 amide bonds. The van der Waals surface area contributed by atoms with Crippen molar-refractivity contribution in [1.82, 2.24) is 4.90 Å². The average molecular weight is 501 g/mol. The van der Waals surface area contributed by atoms with Crippen LogP contribution in [0.15, 0.2) is 78.9 Å². The van der Waals surface area contributed by atoms with Gasteiger partial charge in [-0.2, -0.15) is 0 Å². The number of nitrogens with zero attached hydrogens (tertiary/aromatic N) is 1. The molecule has 3 rings (SSSR count). The molecule has 0 bridgehead atoms. The highest BCUT2D eigenvalue weighted by atomic mass is 16.2. The van der Waals surface area contributed by atoms with Crippen LogP contribution < -0.4 is 16.0 Å². The fraction of sp³-hybridized carbons (Fsp3) is 0.300. The van der Waals surface area contributed by atoms with E-state index < -0.39 is 0 Å². The summed E-state index contributed by atoms with van der Waals surface area (Å²) >= 11 is 0. The average Bonchev–Trinajstić information content (AvgIpc) is 2.91. The summed E-state index contributed by atoms with van der Waals surface area (Å²) in [5, 5.41) is 8.81. The second kappa shape index (κ2) is 14.4. The molecule has 3 N–H and O–H groups in total. The molecular formula is C30H36N4O3. The van der Waals surface area contributed by atoms with Crippen molar-refractivity contribution >= 4 is 34.8 Å². The Morgan fingerprint density at radius 1 is 0.703 bits per heavy atom. The summed E-state index contributed by atoms with van der Waals surface area (Å²) < 4.78 is 0. The first-order valence-electron chi connectivity index (χ1n) is 12.9. The molecule has 0 radical (unpaired) electrons. The smallest absolute Gasteiger partial charge is 0.253 e. The Morgan fingerprint density at radius 2 is 1.32 bits per heavy atom. The summed E-state index contributed by atoms with van der Waals surface area (Å²) in [6.07, 6.45) is 2.89. The topological polar surface area (TPSA) is 90.5 Å². The highest BCUT2D eigenvalue weighted by molar-refractivity contribution is 5.96. The van der Waals surface area contributed by atoms with E-state index in [2.05, 4.69) is 29.8 Å². The highest BCUT2D eigenvalue weighted by Crippen LogP contribution is 2.16. The van der Waals surface area contributed by atoms with E-state index in [9.17, 15) is 14.4 Å². The number of carbonyl (C=O) groups is 3. The van der Waals surface area contributed by atoms with Gasteiger partial charge in [0, 0.05) is 42.1 Å². The summed E-state index contributed by atoms with van der Waals surface area (Å²) in [4.78, 5) is 39.4. The van der Waals surface area contributed by atoms with E-state index in [1.54, 1.807) is 36.4 Å². The molecule has 7 nitrogen and oxygen atoms in total. The molecule has 37 heavy (non-hydrogen) atoms. The summed E-state index contributed by atoms with van der Waals surface area (Å²) in [6.45, 7) is 5.68. The lowest BCUT2D eigenvalue weighted by Crippen LogP contribution is -2.32. The third-order valence-electron chi connectivity index (χ3n) is 5.77. The Hall–Kier alpha value is -4.13. The van der Waals surface area contributed by atoms with Crippen molar-refractivity contribution in [1.29, 1.82) is 0 Å². The van der Waals surface area contributed by atoms with Crippen LogP contribution >= 0.6 is 0 Å². The summed E-state index contributed by atoms with van der Waals surface area (Å²) in [5.41, 5.74) is 3.73. The molecule has 0 aliphatic rings. The number of amides is 3. The Kier molecular flexibility index (Phi) is 10.7. The van der Waals surface area contributed by atoms with Gasteiger partial charge in [-0.15, -0.1) is 0 Å². The van der Waals surface area contributed by atoms with Crippen LogP contribution in [0.4, 0.5) is 17.1 Å². The van der Waals surface area contributed by atoms with E-state index in [0.29, 0.717) is 29.8 Å². The standard InChI is InChI=1S/C30H36N4O3/c1-3-19-34(20-4-2)30(37)24-14-16-25(17-15-24)31-22-29(36)33-27-12-8-11-26(21-27)32-28(35)18-13-23-9-6-5-7-10-23/h5-12,14-17,21,31H,3-4,13,18-20,22H2,1-2H3,(H,32,35)(H,33,36). The number of nitrogens with one attached hydrogen (secondary N) is 3. The number of hydrogen-bond donors (Lipinski definition) is 3. The van der Waals surface area contributed by atoms with Crippen LogP contribution in [0.5, 0.6) is 0 Å². The molecule has 3 aromatic carbocycles. The number of rotatable bonds is 13. The number of hydrogen-bond acceptors (Lipinski definition) is 4. The minimum absolute atomic E-state index is 0.0278. The first-order valence-corrected chi connectivity index (χ1v) is 12.9. The number of carbonyl (C=O) groups excluding carboxylic acids is 3. The van der Waals surface area contributed by atoms with E-state index in [1.165, 1.54) is 0 Å². The van der Waals surface area contributed by atoms with E-state index in [0.717, 1.165) is 37.2 Å². The molecule has 3 aromatic rings. The molecule has 0 aliphatic carbocycles. The van der Waals surface area contributed by atoms with Crippen molar-refractivity contribution in [2.75, 3.05) is 35.6 Å². The van der Waals surface area contributed by atoms with Crippen LogP contribution in [0, 0.1) is 0 Å². The Bertz CT molecular complexity index is 1160. The van der Waals surface area contributed by atoms with E-state index in [1.807, 2.05) is 47.4 Å². The highest BCUT2D eigenvalue weighted by Gasteiger charge is 2.14. The maximum absolute atomic E-state index is 12.7. The van der Waals surface area contributed by atoms with E-state index in [-0.39, 0.29) is 24.3 Å². The molecule has 0 heterocycles. The van der Waals surface area contributed by atoms with Gasteiger partial charge in [0.25, 0.3) is 5.91 Å². The van der Waals surface area contributed by atoms with E-state index in [4.69, 9.17) is 0 Å². The van der Waals surface area contributed by atoms with Gasteiger partial charge in [-0.05, 0) is 67.3 Å². The summed E-state index contributed by atoms with van der Waals surface area (Å²) in [7, 11) is 0. The van der Waals surface area contributed by atoms with Gasteiger partial charge in [0.1, 0.15) is 0 Å². The van der Waals surface area contributed by atoms with Crippen LogP contribution in [0.25, 0.3) is 0 Å². The van der Waals surface area contributed by atoms with Crippen LogP contribution in [-0.4, -0.2) is 42.3 Å². The SMILES string of the molecule is CCCN(CCC)C(=O)c1ccc(NCC(=O)Nc2cccc(NC(=O)CCc3ccccc3)c2)cc1. The van der Waals surface area contributed by atoms with Crippen molar-refractivity contribution < 1.29 is 14.4 Å². The van der Waals surface area contributed by atoms with Gasteiger partial charge in [0.15, 0.2) is 0 Å². The minimum atomic E-state index is -0.218. The maximum atomic E-state index is 12.7. The number of anilines is 3. The van der Waals surface area contributed by atoms with Crippen molar-refractivity contribution in [2.24, 2.45) is 0 Å². The molecule has 7 heteroatoms. The molecule has 0 saturated heterocycles. The molecule has 0 spiro atoms. The minimum Gasteiger partial charge on any atom is -0.376 e. The van der Waals surface area contributed by atoms with Gasteiger partial charge in [0.2, 0.25) is 11.8 Å². The molecule has 0 aromatic heterocycles. The van der Waals surface area contributed by atoms with Gasteiger partial charge in [-0.3, -0.25) is 14.4 Å². The van der Waals surface area contributed by atoms with Crippen molar-refractivity contribution in [2.45, 2.75) is 39.5 Å².